The van der Waals surface area contributed by atoms with E-state index in [0.29, 0.717) is 38.0 Å². The van der Waals surface area contributed by atoms with Gasteiger partial charge >= 0.3 is 6.03 Å². The van der Waals surface area contributed by atoms with Gasteiger partial charge < -0.3 is 19.9 Å². The first-order chi connectivity index (χ1) is 14.2. The van der Waals surface area contributed by atoms with Crippen LogP contribution in [0.15, 0.2) is 30.3 Å². The molecular weight excluding hydrogens is 368 g/mol. The quantitative estimate of drug-likeness (QED) is 0.776. The average Bonchev–Trinajstić information content (AvgIpc) is 2.77. The Hall–Kier alpha value is -3.01. The highest BCUT2D eigenvalue weighted by atomic mass is 16.5. The Bertz CT molecular complexity index is 755. The van der Waals surface area contributed by atoms with Gasteiger partial charge in [0.15, 0.2) is 6.61 Å². The number of urea groups is 1. The van der Waals surface area contributed by atoms with Crippen LogP contribution in [0.4, 0.5) is 4.79 Å². The average molecular weight is 396 g/mol. The minimum absolute atomic E-state index is 0.00162. The van der Waals surface area contributed by atoms with Gasteiger partial charge in [0.1, 0.15) is 11.8 Å². The maximum atomic E-state index is 12.4. The summed E-state index contributed by atoms with van der Waals surface area (Å²) in [5.41, 5.74) is 0.883. The van der Waals surface area contributed by atoms with Crippen molar-refractivity contribution in [2.24, 2.45) is 0 Å². The van der Waals surface area contributed by atoms with Gasteiger partial charge in [-0.3, -0.25) is 4.79 Å². The zero-order chi connectivity index (χ0) is 20.5. The van der Waals surface area contributed by atoms with Crippen molar-refractivity contribution in [3.8, 4) is 11.8 Å². The van der Waals surface area contributed by atoms with Crippen molar-refractivity contribution in [1.29, 1.82) is 5.26 Å². The second-order valence-electron chi connectivity index (χ2n) is 7.45. The van der Waals surface area contributed by atoms with E-state index in [2.05, 4.69) is 5.32 Å². The molecule has 7 heteroatoms. The number of rotatable bonds is 5. The van der Waals surface area contributed by atoms with Crippen molar-refractivity contribution in [2.75, 3.05) is 32.8 Å². The molecule has 1 aromatic carbocycles. The second kappa shape index (κ2) is 10.5. The van der Waals surface area contributed by atoms with E-state index in [1.54, 1.807) is 29.2 Å². The number of amides is 3. The zero-order valence-corrected chi connectivity index (χ0v) is 16.7. The summed E-state index contributed by atoms with van der Waals surface area (Å²) in [6.45, 7) is 2.22. The monoisotopic (exact) mass is 396 g/mol. The Morgan fingerprint density at radius 3 is 2.38 bits per heavy atom. The molecule has 1 saturated carbocycles. The summed E-state index contributed by atoms with van der Waals surface area (Å²) >= 11 is 0. The van der Waals surface area contributed by atoms with Crippen molar-refractivity contribution in [2.45, 2.75) is 38.1 Å². The van der Waals surface area contributed by atoms with Gasteiger partial charge in [-0.05, 0) is 36.6 Å². The van der Waals surface area contributed by atoms with Gasteiger partial charge in [0.05, 0.1) is 0 Å². The largest absolute Gasteiger partial charge is 0.479 e. The molecule has 3 rings (SSSR count). The standard InChI is InChI=1S/C22H28N4O3/c23-12-17-29-20-9-6-18(7-10-20)8-11-21(27)25-13-15-26(16-14-25)22(28)24-19-4-2-1-3-5-19/h6-11,19H,1-5,13-17H2,(H,24,28)/b11-8+. The fourth-order valence-corrected chi connectivity index (χ4v) is 3.71. The van der Waals surface area contributed by atoms with Crippen molar-refractivity contribution in [1.82, 2.24) is 15.1 Å². The van der Waals surface area contributed by atoms with Crippen LogP contribution in [0.5, 0.6) is 5.75 Å². The Morgan fingerprint density at radius 2 is 1.72 bits per heavy atom. The fourth-order valence-electron chi connectivity index (χ4n) is 3.71. The molecule has 0 atom stereocenters. The number of nitrogens with zero attached hydrogens (tertiary/aromatic N) is 3. The van der Waals surface area contributed by atoms with E-state index in [1.165, 1.54) is 19.3 Å². The van der Waals surface area contributed by atoms with Crippen LogP contribution in [0.2, 0.25) is 0 Å². The molecule has 154 valence electrons. The SMILES string of the molecule is N#CCOc1ccc(/C=C/C(=O)N2CCN(C(=O)NC3CCCCC3)CC2)cc1. The molecule has 3 amide bonds. The predicted molar refractivity (Wildman–Crippen MR) is 110 cm³/mol. The lowest BCUT2D eigenvalue weighted by Gasteiger charge is -2.35. The molecule has 1 aliphatic carbocycles. The zero-order valence-electron chi connectivity index (χ0n) is 16.7. The van der Waals surface area contributed by atoms with E-state index >= 15 is 0 Å². The molecule has 1 N–H and O–H groups in total. The minimum Gasteiger partial charge on any atom is -0.479 e. The highest BCUT2D eigenvalue weighted by Crippen LogP contribution is 2.18. The first kappa shape index (κ1) is 20.7. The first-order valence-electron chi connectivity index (χ1n) is 10.3. The van der Waals surface area contributed by atoms with E-state index in [-0.39, 0.29) is 18.5 Å². The van der Waals surface area contributed by atoms with E-state index in [4.69, 9.17) is 10.00 Å². The molecule has 1 saturated heterocycles. The Balaban J connectivity index is 1.42. The normalized spacial score (nSPS) is 17.8. The maximum Gasteiger partial charge on any atom is 0.317 e. The summed E-state index contributed by atoms with van der Waals surface area (Å²) in [6.07, 6.45) is 9.10. The number of ether oxygens (including phenoxy) is 1. The third kappa shape index (κ3) is 6.24. The maximum absolute atomic E-state index is 12.4. The summed E-state index contributed by atoms with van der Waals surface area (Å²) in [6, 6.07) is 9.44. The number of piperazine rings is 1. The molecule has 0 radical (unpaired) electrons. The van der Waals surface area contributed by atoms with Gasteiger partial charge in [-0.2, -0.15) is 5.26 Å². The number of benzene rings is 1. The van der Waals surface area contributed by atoms with Crippen molar-refractivity contribution in [3.63, 3.8) is 0 Å². The topological polar surface area (TPSA) is 85.7 Å². The van der Waals surface area contributed by atoms with Gasteiger partial charge in [-0.15, -0.1) is 0 Å². The molecule has 7 nitrogen and oxygen atoms in total. The number of carbonyl (C=O) groups is 2. The third-order valence-corrected chi connectivity index (χ3v) is 5.41. The Labute approximate surface area is 171 Å². The summed E-state index contributed by atoms with van der Waals surface area (Å²) in [7, 11) is 0. The molecule has 0 unspecified atom stereocenters. The highest BCUT2D eigenvalue weighted by molar-refractivity contribution is 5.92. The van der Waals surface area contributed by atoms with Crippen LogP contribution in [0.25, 0.3) is 6.08 Å². The molecule has 0 spiro atoms. The molecule has 2 fully saturated rings. The Morgan fingerprint density at radius 1 is 1.07 bits per heavy atom. The predicted octanol–water partition coefficient (Wildman–Crippen LogP) is 2.79. The molecule has 0 bridgehead atoms. The van der Waals surface area contributed by atoms with Gasteiger partial charge in [0, 0.05) is 38.3 Å². The first-order valence-corrected chi connectivity index (χ1v) is 10.3. The van der Waals surface area contributed by atoms with E-state index in [9.17, 15) is 9.59 Å². The molecular formula is C22H28N4O3. The second-order valence-corrected chi connectivity index (χ2v) is 7.45. The lowest BCUT2D eigenvalue weighted by Crippen LogP contribution is -2.54. The lowest BCUT2D eigenvalue weighted by molar-refractivity contribution is -0.127. The van der Waals surface area contributed by atoms with Gasteiger partial charge in [0.2, 0.25) is 5.91 Å². The van der Waals surface area contributed by atoms with Crippen molar-refractivity contribution < 1.29 is 14.3 Å². The molecule has 2 aliphatic rings. The van der Waals surface area contributed by atoms with Crippen LogP contribution < -0.4 is 10.1 Å². The van der Waals surface area contributed by atoms with Gasteiger partial charge in [0.25, 0.3) is 0 Å². The number of hydrogen-bond acceptors (Lipinski definition) is 4. The van der Waals surface area contributed by atoms with Gasteiger partial charge in [-0.1, -0.05) is 31.4 Å². The highest BCUT2D eigenvalue weighted by Gasteiger charge is 2.25. The Kier molecular flexibility index (Phi) is 7.51. The van der Waals surface area contributed by atoms with Crippen LogP contribution in [0, 0.1) is 11.3 Å². The van der Waals surface area contributed by atoms with Crippen molar-refractivity contribution >= 4 is 18.0 Å². The van der Waals surface area contributed by atoms with E-state index in [1.807, 2.05) is 23.1 Å². The lowest BCUT2D eigenvalue weighted by atomic mass is 9.96. The van der Waals surface area contributed by atoms with Crippen LogP contribution in [-0.4, -0.2) is 60.6 Å². The van der Waals surface area contributed by atoms with E-state index < -0.39 is 0 Å². The van der Waals surface area contributed by atoms with Crippen LogP contribution in [0.3, 0.4) is 0 Å². The van der Waals surface area contributed by atoms with Crippen molar-refractivity contribution in [3.05, 3.63) is 35.9 Å². The smallest absolute Gasteiger partial charge is 0.317 e. The summed E-state index contributed by atoms with van der Waals surface area (Å²) in [5, 5.41) is 11.7. The molecule has 0 aromatic heterocycles. The molecule has 1 heterocycles. The molecule has 1 aliphatic heterocycles. The van der Waals surface area contributed by atoms with E-state index in [0.717, 1.165) is 18.4 Å². The molecule has 1 aromatic rings. The fraction of sp³-hybridized carbons (Fsp3) is 0.500. The van der Waals surface area contributed by atoms with Crippen LogP contribution in [-0.2, 0) is 4.79 Å². The number of nitriles is 1. The number of carbonyl (C=O) groups excluding carboxylic acids is 2. The van der Waals surface area contributed by atoms with Crippen LogP contribution >= 0.6 is 0 Å². The third-order valence-electron chi connectivity index (χ3n) is 5.41. The summed E-state index contributed by atoms with van der Waals surface area (Å²) in [4.78, 5) is 28.4. The van der Waals surface area contributed by atoms with Crippen LogP contribution in [0.1, 0.15) is 37.7 Å². The minimum atomic E-state index is -0.0536. The molecule has 29 heavy (non-hydrogen) atoms. The van der Waals surface area contributed by atoms with Gasteiger partial charge in [-0.25, -0.2) is 4.79 Å². The summed E-state index contributed by atoms with van der Waals surface area (Å²) in [5.74, 6) is 0.569. The number of nitrogens with one attached hydrogen (secondary N) is 1. The summed E-state index contributed by atoms with van der Waals surface area (Å²) < 4.78 is 5.21. The number of hydrogen-bond donors (Lipinski definition) is 1.